The highest BCUT2D eigenvalue weighted by atomic mass is 79.9. The Morgan fingerprint density at radius 1 is 1.08 bits per heavy atom. The van der Waals surface area contributed by atoms with Crippen LogP contribution in [0.2, 0.25) is 5.02 Å². The molecular formula is C18H18BrClN2O2. The summed E-state index contributed by atoms with van der Waals surface area (Å²) in [6.07, 6.45) is 0. The number of ether oxygens (including phenoxy) is 1. The van der Waals surface area contributed by atoms with Gasteiger partial charge in [-0.3, -0.25) is 4.79 Å². The minimum absolute atomic E-state index is 0.0146. The molecule has 0 N–H and O–H groups in total. The summed E-state index contributed by atoms with van der Waals surface area (Å²) in [7, 11) is 0. The number of hydrogen-bond acceptors (Lipinski definition) is 3. The molecule has 1 saturated heterocycles. The first-order valence-electron chi connectivity index (χ1n) is 7.78. The fourth-order valence-corrected chi connectivity index (χ4v) is 3.24. The van der Waals surface area contributed by atoms with E-state index in [2.05, 4.69) is 20.8 Å². The van der Waals surface area contributed by atoms with E-state index in [0.717, 1.165) is 28.3 Å². The van der Waals surface area contributed by atoms with Gasteiger partial charge >= 0.3 is 0 Å². The van der Waals surface area contributed by atoms with Crippen molar-refractivity contribution >= 4 is 39.1 Å². The van der Waals surface area contributed by atoms with E-state index in [-0.39, 0.29) is 12.5 Å². The average molecular weight is 410 g/mol. The topological polar surface area (TPSA) is 32.8 Å². The molecule has 4 nitrogen and oxygen atoms in total. The van der Waals surface area contributed by atoms with Gasteiger partial charge in [0.2, 0.25) is 0 Å². The van der Waals surface area contributed by atoms with Gasteiger partial charge < -0.3 is 14.5 Å². The largest absolute Gasteiger partial charge is 0.484 e. The molecule has 0 atom stereocenters. The second kappa shape index (κ2) is 7.90. The Morgan fingerprint density at radius 2 is 1.83 bits per heavy atom. The molecule has 2 aromatic rings. The zero-order valence-electron chi connectivity index (χ0n) is 13.1. The smallest absolute Gasteiger partial charge is 0.260 e. The lowest BCUT2D eigenvalue weighted by atomic mass is 10.2. The van der Waals surface area contributed by atoms with E-state index in [9.17, 15) is 4.79 Å². The van der Waals surface area contributed by atoms with Gasteiger partial charge in [0.25, 0.3) is 5.91 Å². The molecule has 1 heterocycles. The molecule has 1 aliphatic rings. The highest BCUT2D eigenvalue weighted by Crippen LogP contribution is 2.21. The zero-order valence-corrected chi connectivity index (χ0v) is 15.5. The lowest BCUT2D eigenvalue weighted by molar-refractivity contribution is -0.133. The van der Waals surface area contributed by atoms with E-state index < -0.39 is 0 Å². The molecule has 2 aromatic carbocycles. The third kappa shape index (κ3) is 4.42. The van der Waals surface area contributed by atoms with Crippen molar-refractivity contribution in [3.63, 3.8) is 0 Å². The number of nitrogens with zero attached hydrogens (tertiary/aromatic N) is 2. The maximum atomic E-state index is 12.3. The second-order valence-corrected chi connectivity index (χ2v) is 6.95. The Labute approximate surface area is 155 Å². The van der Waals surface area contributed by atoms with Crippen molar-refractivity contribution in [2.45, 2.75) is 0 Å². The van der Waals surface area contributed by atoms with Crippen molar-refractivity contribution in [2.24, 2.45) is 0 Å². The molecule has 0 unspecified atom stereocenters. The Balaban J connectivity index is 1.50. The molecule has 3 rings (SSSR count). The number of amides is 1. The van der Waals surface area contributed by atoms with Gasteiger partial charge in [-0.25, -0.2) is 0 Å². The molecular weight excluding hydrogens is 392 g/mol. The third-order valence-electron chi connectivity index (χ3n) is 3.96. The van der Waals surface area contributed by atoms with Crippen molar-refractivity contribution < 1.29 is 9.53 Å². The first-order valence-corrected chi connectivity index (χ1v) is 8.95. The highest BCUT2D eigenvalue weighted by Gasteiger charge is 2.21. The molecule has 0 aliphatic carbocycles. The Bertz CT molecular complexity index is 718. The quantitative estimate of drug-likeness (QED) is 0.769. The van der Waals surface area contributed by atoms with Crippen LogP contribution in [0, 0.1) is 0 Å². The molecule has 6 heteroatoms. The highest BCUT2D eigenvalue weighted by molar-refractivity contribution is 9.10. The van der Waals surface area contributed by atoms with Gasteiger partial charge in [-0.1, -0.05) is 39.7 Å². The van der Waals surface area contributed by atoms with Crippen molar-refractivity contribution in [2.75, 3.05) is 37.7 Å². The SMILES string of the molecule is O=C(COc1cccc(Br)c1)N1CCN(c2cccc(Cl)c2)CC1. The van der Waals surface area contributed by atoms with Gasteiger partial charge in [0, 0.05) is 41.4 Å². The van der Waals surface area contributed by atoms with Crippen LogP contribution >= 0.6 is 27.5 Å². The van der Waals surface area contributed by atoms with Gasteiger partial charge in [-0.05, 0) is 36.4 Å². The minimum Gasteiger partial charge on any atom is -0.484 e. The van der Waals surface area contributed by atoms with Crippen molar-refractivity contribution in [1.29, 1.82) is 0 Å². The molecule has 24 heavy (non-hydrogen) atoms. The number of piperazine rings is 1. The molecule has 0 aromatic heterocycles. The van der Waals surface area contributed by atoms with Crippen LogP contribution in [0.25, 0.3) is 0 Å². The number of anilines is 1. The standard InChI is InChI=1S/C18H18BrClN2O2/c19-14-3-1-6-17(11-14)24-13-18(23)22-9-7-21(8-10-22)16-5-2-4-15(20)12-16/h1-6,11-12H,7-10,13H2. The summed E-state index contributed by atoms with van der Waals surface area (Å²) in [6, 6.07) is 15.3. The molecule has 1 aliphatic heterocycles. The van der Waals surface area contributed by atoms with E-state index in [4.69, 9.17) is 16.3 Å². The van der Waals surface area contributed by atoms with Crippen LogP contribution in [0.5, 0.6) is 5.75 Å². The van der Waals surface area contributed by atoms with Gasteiger partial charge in [0.05, 0.1) is 0 Å². The van der Waals surface area contributed by atoms with Crippen LogP contribution in [-0.4, -0.2) is 43.6 Å². The molecule has 1 amide bonds. The van der Waals surface area contributed by atoms with Gasteiger partial charge in [-0.2, -0.15) is 0 Å². The van der Waals surface area contributed by atoms with Crippen LogP contribution in [-0.2, 0) is 4.79 Å². The predicted molar refractivity (Wildman–Crippen MR) is 99.9 cm³/mol. The van der Waals surface area contributed by atoms with Crippen molar-refractivity contribution in [1.82, 2.24) is 4.90 Å². The third-order valence-corrected chi connectivity index (χ3v) is 4.69. The van der Waals surface area contributed by atoms with Gasteiger partial charge in [0.15, 0.2) is 6.61 Å². The average Bonchev–Trinajstić information content (AvgIpc) is 2.60. The van der Waals surface area contributed by atoms with E-state index >= 15 is 0 Å². The van der Waals surface area contributed by atoms with E-state index in [1.165, 1.54) is 0 Å². The van der Waals surface area contributed by atoms with Crippen LogP contribution in [0.15, 0.2) is 53.0 Å². The molecule has 0 saturated carbocycles. The molecule has 0 bridgehead atoms. The van der Waals surface area contributed by atoms with Crippen LogP contribution < -0.4 is 9.64 Å². The fourth-order valence-electron chi connectivity index (χ4n) is 2.68. The minimum atomic E-state index is 0.0146. The number of benzene rings is 2. The first kappa shape index (κ1) is 17.1. The summed E-state index contributed by atoms with van der Waals surface area (Å²) in [5.74, 6) is 0.705. The molecule has 126 valence electrons. The molecule has 1 fully saturated rings. The lowest BCUT2D eigenvalue weighted by Crippen LogP contribution is -2.50. The Hall–Kier alpha value is -1.72. The Morgan fingerprint density at radius 3 is 2.54 bits per heavy atom. The summed E-state index contributed by atoms with van der Waals surface area (Å²) >= 11 is 9.43. The van der Waals surface area contributed by atoms with E-state index in [1.807, 2.05) is 53.4 Å². The molecule has 0 radical (unpaired) electrons. The van der Waals surface area contributed by atoms with E-state index in [1.54, 1.807) is 0 Å². The van der Waals surface area contributed by atoms with Crippen molar-refractivity contribution in [3.05, 3.63) is 58.0 Å². The van der Waals surface area contributed by atoms with Gasteiger partial charge in [0.1, 0.15) is 5.75 Å². The van der Waals surface area contributed by atoms with Gasteiger partial charge in [-0.15, -0.1) is 0 Å². The first-order chi connectivity index (χ1) is 11.6. The van der Waals surface area contributed by atoms with Crippen molar-refractivity contribution in [3.8, 4) is 5.75 Å². The fraction of sp³-hybridized carbons (Fsp3) is 0.278. The number of rotatable bonds is 4. The zero-order chi connectivity index (χ0) is 16.9. The predicted octanol–water partition coefficient (Wildman–Crippen LogP) is 3.83. The van der Waals surface area contributed by atoms with Crippen LogP contribution in [0.4, 0.5) is 5.69 Å². The summed E-state index contributed by atoms with van der Waals surface area (Å²) in [6.45, 7) is 3.03. The summed E-state index contributed by atoms with van der Waals surface area (Å²) in [5, 5.41) is 0.730. The van der Waals surface area contributed by atoms with Crippen LogP contribution in [0.3, 0.4) is 0 Å². The summed E-state index contributed by atoms with van der Waals surface area (Å²) < 4.78 is 6.51. The number of hydrogen-bond donors (Lipinski definition) is 0. The monoisotopic (exact) mass is 408 g/mol. The maximum Gasteiger partial charge on any atom is 0.260 e. The summed E-state index contributed by atoms with van der Waals surface area (Å²) in [4.78, 5) is 16.4. The Kier molecular flexibility index (Phi) is 5.63. The van der Waals surface area contributed by atoms with E-state index in [0.29, 0.717) is 18.8 Å². The summed E-state index contributed by atoms with van der Waals surface area (Å²) in [5.41, 5.74) is 1.10. The molecule has 0 spiro atoms. The second-order valence-electron chi connectivity index (χ2n) is 5.59. The lowest BCUT2D eigenvalue weighted by Gasteiger charge is -2.36. The maximum absolute atomic E-state index is 12.3. The normalized spacial score (nSPS) is 14.6. The number of carbonyl (C=O) groups excluding carboxylic acids is 1. The van der Waals surface area contributed by atoms with Crippen LogP contribution in [0.1, 0.15) is 0 Å². The number of halogens is 2. The number of carbonyl (C=O) groups is 1.